The quantitative estimate of drug-likeness (QED) is 0.888. The number of halogens is 1. The van der Waals surface area contributed by atoms with Gasteiger partial charge in [-0.25, -0.2) is 0 Å². The van der Waals surface area contributed by atoms with Crippen LogP contribution in [0, 0.1) is 5.92 Å². The fraction of sp³-hybridized carbons (Fsp3) is 0.429. The zero-order valence-electron chi connectivity index (χ0n) is 10.6. The smallest absolute Gasteiger partial charge is 0.240 e. The molecule has 1 aliphatic carbocycles. The molecule has 100 valence electrons. The molecule has 1 N–H and O–H groups in total. The molecule has 1 saturated carbocycles. The maximum atomic E-state index is 5.23. The minimum Gasteiger partial charge on any atom is -0.338 e. The van der Waals surface area contributed by atoms with Gasteiger partial charge in [0.2, 0.25) is 5.89 Å². The molecule has 0 atom stereocenters. The Morgan fingerprint density at radius 2 is 2.26 bits per heavy atom. The van der Waals surface area contributed by atoms with E-state index in [4.69, 9.17) is 4.52 Å². The first-order chi connectivity index (χ1) is 9.29. The lowest BCUT2D eigenvalue weighted by Gasteiger charge is -1.98. The molecule has 1 aromatic carbocycles. The van der Waals surface area contributed by atoms with E-state index in [2.05, 4.69) is 43.5 Å². The minimum absolute atomic E-state index is 0.669. The average Bonchev–Trinajstić information content (AvgIpc) is 3.10. The predicted octanol–water partition coefficient (Wildman–Crippen LogP) is 2.92. The fourth-order valence-corrected chi connectivity index (χ4v) is 2.42. The van der Waals surface area contributed by atoms with Crippen LogP contribution in [0.5, 0.6) is 0 Å². The van der Waals surface area contributed by atoms with Crippen LogP contribution in [0.25, 0.3) is 0 Å². The van der Waals surface area contributed by atoms with Gasteiger partial charge in [0.05, 0.1) is 6.54 Å². The summed E-state index contributed by atoms with van der Waals surface area (Å²) in [5.41, 5.74) is 1.17. The molecule has 0 spiro atoms. The summed E-state index contributed by atoms with van der Waals surface area (Å²) in [7, 11) is 0. The Kier molecular flexibility index (Phi) is 3.94. The van der Waals surface area contributed by atoms with Gasteiger partial charge in [-0.1, -0.05) is 33.2 Å². The van der Waals surface area contributed by atoms with E-state index in [-0.39, 0.29) is 0 Å². The van der Waals surface area contributed by atoms with Crippen molar-refractivity contribution in [3.05, 3.63) is 46.0 Å². The summed E-state index contributed by atoms with van der Waals surface area (Å²) in [5, 5.41) is 7.36. The van der Waals surface area contributed by atoms with E-state index in [1.807, 2.05) is 12.1 Å². The molecule has 0 saturated heterocycles. The van der Waals surface area contributed by atoms with Crippen molar-refractivity contribution in [3.8, 4) is 0 Å². The SMILES string of the molecule is Brc1cccc(Cc2noc(CNCC3CC3)n2)c1. The van der Waals surface area contributed by atoms with Gasteiger partial charge in [-0.15, -0.1) is 0 Å². The molecule has 0 amide bonds. The zero-order chi connectivity index (χ0) is 13.1. The largest absolute Gasteiger partial charge is 0.338 e. The number of benzene rings is 1. The molecule has 4 nitrogen and oxygen atoms in total. The zero-order valence-corrected chi connectivity index (χ0v) is 12.2. The lowest BCUT2D eigenvalue weighted by Crippen LogP contribution is -2.16. The third-order valence-electron chi connectivity index (χ3n) is 3.17. The third kappa shape index (κ3) is 3.88. The number of hydrogen-bond donors (Lipinski definition) is 1. The van der Waals surface area contributed by atoms with Gasteiger partial charge in [0, 0.05) is 10.9 Å². The van der Waals surface area contributed by atoms with Crippen molar-refractivity contribution >= 4 is 15.9 Å². The first-order valence-corrected chi connectivity index (χ1v) is 7.35. The van der Waals surface area contributed by atoms with Crippen LogP contribution in [-0.4, -0.2) is 16.7 Å². The van der Waals surface area contributed by atoms with E-state index in [0.29, 0.717) is 18.9 Å². The Balaban J connectivity index is 1.54. The lowest BCUT2D eigenvalue weighted by atomic mass is 10.1. The van der Waals surface area contributed by atoms with Crippen LogP contribution in [0.1, 0.15) is 30.1 Å². The highest BCUT2D eigenvalue weighted by molar-refractivity contribution is 9.10. The Morgan fingerprint density at radius 3 is 3.05 bits per heavy atom. The molecule has 0 unspecified atom stereocenters. The van der Waals surface area contributed by atoms with E-state index in [0.717, 1.165) is 22.8 Å². The average molecular weight is 322 g/mol. The number of nitrogens with one attached hydrogen (secondary N) is 1. The molecule has 1 heterocycles. The molecule has 1 fully saturated rings. The highest BCUT2D eigenvalue weighted by Gasteiger charge is 2.20. The van der Waals surface area contributed by atoms with E-state index in [1.165, 1.54) is 18.4 Å². The Hall–Kier alpha value is -1.20. The molecule has 0 radical (unpaired) electrons. The normalized spacial score (nSPS) is 14.8. The highest BCUT2D eigenvalue weighted by atomic mass is 79.9. The summed E-state index contributed by atoms with van der Waals surface area (Å²) >= 11 is 3.46. The predicted molar refractivity (Wildman–Crippen MR) is 75.7 cm³/mol. The summed E-state index contributed by atoms with van der Waals surface area (Å²) in [6.45, 7) is 1.73. The number of rotatable bonds is 6. The molecule has 1 aromatic heterocycles. The second-order valence-electron chi connectivity index (χ2n) is 4.99. The molecule has 1 aliphatic rings. The molecule has 2 aromatic rings. The van der Waals surface area contributed by atoms with Crippen molar-refractivity contribution < 1.29 is 4.52 Å². The van der Waals surface area contributed by atoms with Crippen molar-refractivity contribution in [2.75, 3.05) is 6.54 Å². The minimum atomic E-state index is 0.669. The van der Waals surface area contributed by atoms with Gasteiger partial charge < -0.3 is 9.84 Å². The maximum absolute atomic E-state index is 5.23. The molecule has 0 aliphatic heterocycles. The van der Waals surface area contributed by atoms with Gasteiger partial charge in [-0.3, -0.25) is 0 Å². The van der Waals surface area contributed by atoms with Crippen molar-refractivity contribution in [1.29, 1.82) is 0 Å². The molecular formula is C14H16BrN3O. The van der Waals surface area contributed by atoms with Crippen molar-refractivity contribution in [2.24, 2.45) is 5.92 Å². The fourth-order valence-electron chi connectivity index (χ4n) is 1.97. The van der Waals surface area contributed by atoms with Crippen LogP contribution in [-0.2, 0) is 13.0 Å². The monoisotopic (exact) mass is 321 g/mol. The number of nitrogens with zero attached hydrogens (tertiary/aromatic N) is 2. The topological polar surface area (TPSA) is 51.0 Å². The van der Waals surface area contributed by atoms with Crippen molar-refractivity contribution in [2.45, 2.75) is 25.8 Å². The van der Waals surface area contributed by atoms with Crippen LogP contribution < -0.4 is 5.32 Å². The first-order valence-electron chi connectivity index (χ1n) is 6.56. The Labute approximate surface area is 120 Å². The van der Waals surface area contributed by atoms with Crippen LogP contribution in [0.2, 0.25) is 0 Å². The lowest BCUT2D eigenvalue weighted by molar-refractivity contribution is 0.362. The second-order valence-corrected chi connectivity index (χ2v) is 5.90. The van der Waals surface area contributed by atoms with E-state index < -0.39 is 0 Å². The van der Waals surface area contributed by atoms with Gasteiger partial charge in [0.25, 0.3) is 0 Å². The standard InChI is InChI=1S/C14H16BrN3O/c15-12-3-1-2-11(6-12)7-13-17-14(19-18-13)9-16-8-10-4-5-10/h1-3,6,10,16H,4-5,7-9H2. The molecular weight excluding hydrogens is 306 g/mol. The summed E-state index contributed by atoms with van der Waals surface area (Å²) in [6.07, 6.45) is 3.40. The Bertz CT molecular complexity index is 551. The summed E-state index contributed by atoms with van der Waals surface area (Å²) < 4.78 is 6.30. The highest BCUT2D eigenvalue weighted by Crippen LogP contribution is 2.27. The van der Waals surface area contributed by atoms with Gasteiger partial charge in [-0.05, 0) is 43.0 Å². The number of aromatic nitrogens is 2. The van der Waals surface area contributed by atoms with Crippen molar-refractivity contribution in [3.63, 3.8) is 0 Å². The maximum Gasteiger partial charge on any atom is 0.240 e. The second kappa shape index (κ2) is 5.84. The van der Waals surface area contributed by atoms with E-state index >= 15 is 0 Å². The van der Waals surface area contributed by atoms with Gasteiger partial charge in [0.1, 0.15) is 0 Å². The summed E-state index contributed by atoms with van der Waals surface area (Å²) in [4.78, 5) is 4.40. The molecule has 5 heteroatoms. The molecule has 3 rings (SSSR count). The summed E-state index contributed by atoms with van der Waals surface area (Å²) in [5.74, 6) is 2.27. The number of hydrogen-bond acceptors (Lipinski definition) is 4. The van der Waals surface area contributed by atoms with Crippen LogP contribution in [0.15, 0.2) is 33.3 Å². The van der Waals surface area contributed by atoms with Gasteiger partial charge in [-0.2, -0.15) is 4.98 Å². The van der Waals surface area contributed by atoms with E-state index in [9.17, 15) is 0 Å². The summed E-state index contributed by atoms with van der Waals surface area (Å²) in [6, 6.07) is 8.15. The first kappa shape index (κ1) is 12.8. The third-order valence-corrected chi connectivity index (χ3v) is 3.66. The molecule has 19 heavy (non-hydrogen) atoms. The van der Waals surface area contributed by atoms with Crippen LogP contribution in [0.3, 0.4) is 0 Å². The Morgan fingerprint density at radius 1 is 1.37 bits per heavy atom. The van der Waals surface area contributed by atoms with Crippen molar-refractivity contribution in [1.82, 2.24) is 15.5 Å². The van der Waals surface area contributed by atoms with Gasteiger partial charge in [0.15, 0.2) is 5.82 Å². The van der Waals surface area contributed by atoms with Crippen LogP contribution >= 0.6 is 15.9 Å². The molecule has 0 bridgehead atoms. The van der Waals surface area contributed by atoms with Crippen LogP contribution in [0.4, 0.5) is 0 Å². The van der Waals surface area contributed by atoms with Gasteiger partial charge >= 0.3 is 0 Å². The van der Waals surface area contributed by atoms with E-state index in [1.54, 1.807) is 0 Å².